The van der Waals surface area contributed by atoms with E-state index in [4.69, 9.17) is 9.84 Å². The lowest BCUT2D eigenvalue weighted by molar-refractivity contribution is -0.145. The van der Waals surface area contributed by atoms with Crippen molar-refractivity contribution < 1.29 is 49.1 Å². The topological polar surface area (TPSA) is 192 Å². The lowest BCUT2D eigenvalue weighted by atomic mass is 10.3. The molecule has 0 aromatic heterocycles. The van der Waals surface area contributed by atoms with Gasteiger partial charge in [0.2, 0.25) is 5.91 Å². The SMILES string of the molecule is COCCN(CC(=O)O)C(=O)CN1CCN(CC(=O)O)/C=C\N(CC(=O)O)CCN(CC(=O)O)CC1. The van der Waals surface area contributed by atoms with Crippen molar-refractivity contribution in [2.75, 3.05) is 92.3 Å². The molecule has 1 aliphatic rings. The molecule has 15 heteroatoms. The summed E-state index contributed by atoms with van der Waals surface area (Å²) in [7, 11) is 1.43. The Morgan fingerprint density at radius 2 is 1.14 bits per heavy atom. The number of nitrogens with zero attached hydrogens (tertiary/aromatic N) is 5. The molecule has 204 valence electrons. The van der Waals surface area contributed by atoms with Gasteiger partial charge in [-0.15, -0.1) is 0 Å². The van der Waals surface area contributed by atoms with Crippen molar-refractivity contribution in [3.63, 3.8) is 0 Å². The fraction of sp³-hybridized carbons (Fsp3) is 0.667. The summed E-state index contributed by atoms with van der Waals surface area (Å²) in [5.74, 6) is -4.89. The molecule has 0 aliphatic carbocycles. The van der Waals surface area contributed by atoms with Crippen LogP contribution in [0.2, 0.25) is 0 Å². The van der Waals surface area contributed by atoms with Gasteiger partial charge in [-0.05, 0) is 0 Å². The number of methoxy groups -OCH3 is 1. The Morgan fingerprint density at radius 1 is 0.694 bits per heavy atom. The number of carbonyl (C=O) groups excluding carboxylic acids is 1. The van der Waals surface area contributed by atoms with Gasteiger partial charge in [-0.1, -0.05) is 0 Å². The molecule has 0 spiro atoms. The molecule has 0 atom stereocenters. The van der Waals surface area contributed by atoms with E-state index >= 15 is 0 Å². The van der Waals surface area contributed by atoms with Crippen LogP contribution in [0, 0.1) is 0 Å². The normalized spacial score (nSPS) is 17.0. The molecule has 36 heavy (non-hydrogen) atoms. The van der Waals surface area contributed by atoms with E-state index in [9.17, 15) is 39.3 Å². The lowest BCUT2D eigenvalue weighted by Gasteiger charge is -2.32. The van der Waals surface area contributed by atoms with Crippen molar-refractivity contribution in [3.8, 4) is 0 Å². The van der Waals surface area contributed by atoms with E-state index in [0.29, 0.717) is 0 Å². The van der Waals surface area contributed by atoms with Gasteiger partial charge in [0.05, 0.1) is 19.7 Å². The molecule has 0 radical (unpaired) electrons. The number of hydrogen-bond acceptors (Lipinski definition) is 10. The number of carbonyl (C=O) groups is 5. The van der Waals surface area contributed by atoms with E-state index in [2.05, 4.69) is 0 Å². The molecule has 0 aromatic carbocycles. The van der Waals surface area contributed by atoms with E-state index in [-0.39, 0.29) is 78.6 Å². The van der Waals surface area contributed by atoms with E-state index in [0.717, 1.165) is 4.90 Å². The summed E-state index contributed by atoms with van der Waals surface area (Å²) < 4.78 is 4.95. The predicted octanol–water partition coefficient (Wildman–Crippen LogP) is -2.51. The van der Waals surface area contributed by atoms with Gasteiger partial charge in [0, 0.05) is 65.3 Å². The third-order valence-electron chi connectivity index (χ3n) is 5.27. The van der Waals surface area contributed by atoms with Gasteiger partial charge in [-0.25, -0.2) is 0 Å². The highest BCUT2D eigenvalue weighted by Crippen LogP contribution is 2.03. The number of carboxylic acid groups (broad SMARTS) is 4. The summed E-state index contributed by atoms with van der Waals surface area (Å²) in [6.45, 7) is -0.177. The van der Waals surface area contributed by atoms with Crippen molar-refractivity contribution in [1.29, 1.82) is 0 Å². The number of amides is 1. The zero-order chi connectivity index (χ0) is 27.1. The van der Waals surface area contributed by atoms with Crippen LogP contribution in [0.3, 0.4) is 0 Å². The zero-order valence-electron chi connectivity index (χ0n) is 20.3. The molecule has 0 saturated heterocycles. The highest BCUT2D eigenvalue weighted by Gasteiger charge is 2.22. The van der Waals surface area contributed by atoms with Crippen molar-refractivity contribution in [3.05, 3.63) is 12.4 Å². The van der Waals surface area contributed by atoms with Crippen molar-refractivity contribution in [1.82, 2.24) is 24.5 Å². The summed E-state index contributed by atoms with van der Waals surface area (Å²) in [5, 5.41) is 36.8. The summed E-state index contributed by atoms with van der Waals surface area (Å²) >= 11 is 0. The predicted molar refractivity (Wildman–Crippen MR) is 124 cm³/mol. The van der Waals surface area contributed by atoms with Gasteiger partial charge in [-0.3, -0.25) is 33.8 Å². The molecule has 1 heterocycles. The van der Waals surface area contributed by atoms with Gasteiger partial charge in [0.15, 0.2) is 0 Å². The maximum Gasteiger partial charge on any atom is 0.323 e. The van der Waals surface area contributed by atoms with Gasteiger partial charge < -0.3 is 39.9 Å². The third-order valence-corrected chi connectivity index (χ3v) is 5.27. The minimum Gasteiger partial charge on any atom is -0.480 e. The fourth-order valence-corrected chi connectivity index (χ4v) is 3.45. The first-order valence-corrected chi connectivity index (χ1v) is 11.2. The molecule has 1 amide bonds. The van der Waals surface area contributed by atoms with Crippen LogP contribution >= 0.6 is 0 Å². The Labute approximate surface area is 208 Å². The second-order valence-electron chi connectivity index (χ2n) is 8.17. The smallest absolute Gasteiger partial charge is 0.323 e. The molecular weight excluding hydrogens is 482 g/mol. The second kappa shape index (κ2) is 16.3. The number of aliphatic carboxylic acids is 4. The van der Waals surface area contributed by atoms with Crippen LogP contribution in [-0.2, 0) is 28.7 Å². The first-order valence-electron chi connectivity index (χ1n) is 11.2. The second-order valence-corrected chi connectivity index (χ2v) is 8.17. The van der Waals surface area contributed by atoms with Gasteiger partial charge in [0.25, 0.3) is 0 Å². The Kier molecular flexibility index (Phi) is 13.8. The highest BCUT2D eigenvalue weighted by molar-refractivity contribution is 5.82. The number of ether oxygens (including phenoxy) is 1. The quantitative estimate of drug-likeness (QED) is 0.200. The van der Waals surface area contributed by atoms with Crippen LogP contribution in [0.4, 0.5) is 0 Å². The van der Waals surface area contributed by atoms with Gasteiger partial charge in [-0.2, -0.15) is 0 Å². The summed E-state index contributed by atoms with van der Waals surface area (Å²) in [4.78, 5) is 65.3. The first-order chi connectivity index (χ1) is 17.0. The minimum atomic E-state index is -1.18. The van der Waals surface area contributed by atoms with Crippen LogP contribution in [-0.4, -0.2) is 167 Å². The molecule has 0 aromatic rings. The van der Waals surface area contributed by atoms with Crippen molar-refractivity contribution >= 4 is 29.8 Å². The number of carboxylic acids is 4. The van der Waals surface area contributed by atoms with Crippen LogP contribution in [0.1, 0.15) is 0 Å². The van der Waals surface area contributed by atoms with Gasteiger partial charge in [0.1, 0.15) is 19.6 Å². The Hall–Kier alpha value is -3.43. The first kappa shape index (κ1) is 30.6. The zero-order valence-corrected chi connectivity index (χ0v) is 20.3. The molecule has 0 bridgehead atoms. The Bertz CT molecular complexity index is 793. The summed E-state index contributed by atoms with van der Waals surface area (Å²) in [6, 6.07) is 0. The maximum atomic E-state index is 12.9. The maximum absolute atomic E-state index is 12.9. The Morgan fingerprint density at radius 3 is 1.56 bits per heavy atom. The van der Waals surface area contributed by atoms with E-state index in [1.165, 1.54) is 29.3 Å². The van der Waals surface area contributed by atoms with Crippen LogP contribution in [0.25, 0.3) is 0 Å². The molecule has 15 nitrogen and oxygen atoms in total. The van der Waals surface area contributed by atoms with E-state index in [1.54, 1.807) is 9.80 Å². The van der Waals surface area contributed by atoms with E-state index < -0.39 is 36.3 Å². The van der Waals surface area contributed by atoms with Crippen LogP contribution in [0.15, 0.2) is 12.4 Å². The average Bonchev–Trinajstić information content (AvgIpc) is 2.76. The monoisotopic (exact) mass is 517 g/mol. The highest BCUT2D eigenvalue weighted by atomic mass is 16.5. The Balaban J connectivity index is 3.11. The average molecular weight is 518 g/mol. The lowest BCUT2D eigenvalue weighted by Crippen LogP contribution is -2.48. The summed E-state index contributed by atoms with van der Waals surface area (Å²) in [6.07, 6.45) is 2.90. The molecule has 1 rings (SSSR count). The number of hydrogen-bond donors (Lipinski definition) is 4. The van der Waals surface area contributed by atoms with Crippen LogP contribution < -0.4 is 0 Å². The fourth-order valence-electron chi connectivity index (χ4n) is 3.45. The van der Waals surface area contributed by atoms with Gasteiger partial charge >= 0.3 is 23.9 Å². The molecule has 0 unspecified atom stereocenters. The molecule has 1 aliphatic heterocycles. The molecular formula is C21H35N5O10. The largest absolute Gasteiger partial charge is 0.480 e. The van der Waals surface area contributed by atoms with E-state index in [1.807, 2.05) is 0 Å². The summed E-state index contributed by atoms with van der Waals surface area (Å²) in [5.41, 5.74) is 0. The van der Waals surface area contributed by atoms with Crippen molar-refractivity contribution in [2.45, 2.75) is 0 Å². The minimum absolute atomic E-state index is 0.0773. The number of rotatable bonds is 13. The molecule has 4 N–H and O–H groups in total. The third kappa shape index (κ3) is 13.5. The standard InChI is InChI=1S/C21H35N5O10/c1-36-11-10-26(16-21(34)35)17(27)12-22-2-4-23(13-18(28)29)6-8-25(15-20(32)33)9-7-24(5-3-22)14-19(30)31/h6,8H,2-5,7,9-16H2,1H3,(H,28,29)(H,30,31)(H,32,33)(H,34,35)/b8-6-. The molecule has 0 saturated carbocycles. The van der Waals surface area contributed by atoms with Crippen LogP contribution in [0.5, 0.6) is 0 Å². The van der Waals surface area contributed by atoms with Crippen molar-refractivity contribution in [2.24, 2.45) is 0 Å². The molecule has 0 fully saturated rings.